The van der Waals surface area contributed by atoms with Crippen LogP contribution in [0, 0.1) is 0 Å². The van der Waals surface area contributed by atoms with E-state index in [1.54, 1.807) is 14.2 Å². The predicted molar refractivity (Wildman–Crippen MR) is 86.4 cm³/mol. The van der Waals surface area contributed by atoms with Crippen molar-refractivity contribution in [3.8, 4) is 11.5 Å². The maximum Gasteiger partial charge on any atom is 0.220 e. The van der Waals surface area contributed by atoms with Crippen LogP contribution in [0.25, 0.3) is 0 Å². The van der Waals surface area contributed by atoms with Gasteiger partial charge in [-0.3, -0.25) is 4.79 Å². The lowest BCUT2D eigenvalue weighted by Crippen LogP contribution is -2.34. The summed E-state index contributed by atoms with van der Waals surface area (Å²) in [4.78, 5) is 11.6. The molecule has 0 radical (unpaired) electrons. The minimum Gasteiger partial charge on any atom is -0.493 e. The number of methoxy groups -OCH3 is 2. The Hall–Kier alpha value is -1.46. The molecule has 0 fully saturated rings. The lowest BCUT2D eigenvalue weighted by atomic mass is 10.1. The average Bonchev–Trinajstić information content (AvgIpc) is 2.44. The van der Waals surface area contributed by atoms with Crippen molar-refractivity contribution in [3.63, 3.8) is 0 Å². The smallest absolute Gasteiger partial charge is 0.220 e. The van der Waals surface area contributed by atoms with E-state index >= 15 is 0 Å². The zero-order chi connectivity index (χ0) is 15.0. The van der Waals surface area contributed by atoms with Crippen LogP contribution in [0.2, 0.25) is 0 Å². The van der Waals surface area contributed by atoms with Crippen molar-refractivity contribution in [1.82, 2.24) is 5.32 Å². The molecule has 1 aromatic rings. The van der Waals surface area contributed by atoms with E-state index in [9.17, 15) is 4.79 Å². The number of halogens is 1. The minimum atomic E-state index is 0. The van der Waals surface area contributed by atoms with Crippen LogP contribution < -0.4 is 20.5 Å². The molecule has 3 N–H and O–H groups in total. The van der Waals surface area contributed by atoms with Crippen LogP contribution in [0.5, 0.6) is 11.5 Å². The van der Waals surface area contributed by atoms with Crippen molar-refractivity contribution < 1.29 is 14.3 Å². The number of benzene rings is 1. The van der Waals surface area contributed by atoms with Crippen molar-refractivity contribution in [1.29, 1.82) is 0 Å². The van der Waals surface area contributed by atoms with Gasteiger partial charge < -0.3 is 20.5 Å². The number of hydrogen-bond acceptors (Lipinski definition) is 4. The molecular formula is C15H25ClN2O3. The van der Waals surface area contributed by atoms with Gasteiger partial charge in [0.15, 0.2) is 11.5 Å². The van der Waals surface area contributed by atoms with Gasteiger partial charge in [-0.25, -0.2) is 0 Å². The van der Waals surface area contributed by atoms with Gasteiger partial charge in [0.1, 0.15) is 0 Å². The second-order valence-electron chi connectivity index (χ2n) is 4.75. The van der Waals surface area contributed by atoms with Crippen LogP contribution in [0.3, 0.4) is 0 Å². The molecule has 0 saturated carbocycles. The first-order valence-electron chi connectivity index (χ1n) is 6.81. The van der Waals surface area contributed by atoms with Crippen LogP contribution >= 0.6 is 12.4 Å². The Kier molecular flexibility index (Phi) is 9.58. The second kappa shape index (κ2) is 10.3. The molecule has 0 aromatic heterocycles. The summed E-state index contributed by atoms with van der Waals surface area (Å²) in [6.45, 7) is 2.52. The molecule has 120 valence electrons. The lowest BCUT2D eigenvalue weighted by molar-refractivity contribution is -0.121. The van der Waals surface area contributed by atoms with Crippen LogP contribution in [0.1, 0.15) is 25.3 Å². The molecule has 21 heavy (non-hydrogen) atoms. The zero-order valence-electron chi connectivity index (χ0n) is 12.8. The van der Waals surface area contributed by atoms with Crippen molar-refractivity contribution in [2.24, 2.45) is 5.73 Å². The summed E-state index contributed by atoms with van der Waals surface area (Å²) in [7, 11) is 3.22. The maximum absolute atomic E-state index is 11.6. The zero-order valence-corrected chi connectivity index (χ0v) is 13.7. The number of nitrogens with two attached hydrogens (primary N) is 1. The van der Waals surface area contributed by atoms with Gasteiger partial charge in [-0.1, -0.05) is 6.07 Å². The number of hydrogen-bond donors (Lipinski definition) is 2. The SMILES string of the molecule is COc1ccc(CC(C)NC(=O)CCCN)cc1OC.Cl. The van der Waals surface area contributed by atoms with Gasteiger partial charge >= 0.3 is 0 Å². The third-order valence-electron chi connectivity index (χ3n) is 3.01. The van der Waals surface area contributed by atoms with Gasteiger partial charge in [0.05, 0.1) is 14.2 Å². The summed E-state index contributed by atoms with van der Waals surface area (Å²) in [6.07, 6.45) is 1.94. The predicted octanol–water partition coefficient (Wildman–Crippen LogP) is 1.91. The summed E-state index contributed by atoms with van der Waals surface area (Å²) < 4.78 is 10.5. The Balaban J connectivity index is 0.00000400. The summed E-state index contributed by atoms with van der Waals surface area (Å²) in [6, 6.07) is 5.85. The first-order valence-corrected chi connectivity index (χ1v) is 6.81. The van der Waals surface area contributed by atoms with E-state index in [0.717, 1.165) is 18.4 Å². The highest BCUT2D eigenvalue weighted by molar-refractivity contribution is 5.85. The topological polar surface area (TPSA) is 73.6 Å². The van der Waals surface area contributed by atoms with E-state index in [1.807, 2.05) is 25.1 Å². The molecule has 1 unspecified atom stereocenters. The molecule has 0 bridgehead atoms. The Labute approximate surface area is 132 Å². The molecule has 1 rings (SSSR count). The normalized spacial score (nSPS) is 11.2. The van der Waals surface area contributed by atoms with Crippen LogP contribution in [0.4, 0.5) is 0 Å². The number of amides is 1. The molecule has 5 nitrogen and oxygen atoms in total. The van der Waals surface area contributed by atoms with E-state index in [2.05, 4.69) is 5.32 Å². The summed E-state index contributed by atoms with van der Waals surface area (Å²) in [5.41, 5.74) is 6.48. The Bertz CT molecular complexity index is 441. The number of nitrogens with one attached hydrogen (secondary N) is 1. The molecular weight excluding hydrogens is 292 g/mol. The highest BCUT2D eigenvalue weighted by Gasteiger charge is 2.10. The summed E-state index contributed by atoms with van der Waals surface area (Å²) in [5, 5.41) is 2.96. The van der Waals surface area contributed by atoms with Crippen LogP contribution in [-0.2, 0) is 11.2 Å². The van der Waals surface area contributed by atoms with Gasteiger partial charge in [-0.2, -0.15) is 0 Å². The average molecular weight is 317 g/mol. The quantitative estimate of drug-likeness (QED) is 0.768. The van der Waals surface area contributed by atoms with Crippen molar-refractivity contribution >= 4 is 18.3 Å². The molecule has 0 aliphatic heterocycles. The fraction of sp³-hybridized carbons (Fsp3) is 0.533. The molecule has 0 spiro atoms. The number of rotatable bonds is 8. The van der Waals surface area contributed by atoms with Crippen molar-refractivity contribution in [3.05, 3.63) is 23.8 Å². The standard InChI is InChI=1S/C15H24N2O3.ClH/c1-11(17-15(18)5-4-8-16)9-12-6-7-13(19-2)14(10-12)20-3;/h6-7,10-11H,4-5,8-9,16H2,1-3H3,(H,17,18);1H. The monoisotopic (exact) mass is 316 g/mol. The van der Waals surface area contributed by atoms with Gasteiger partial charge in [0, 0.05) is 12.5 Å². The highest BCUT2D eigenvalue weighted by atomic mass is 35.5. The largest absolute Gasteiger partial charge is 0.493 e. The van der Waals surface area contributed by atoms with Gasteiger partial charge in [0.25, 0.3) is 0 Å². The Morgan fingerprint density at radius 2 is 1.95 bits per heavy atom. The van der Waals surface area contributed by atoms with Crippen LogP contribution in [0.15, 0.2) is 18.2 Å². The molecule has 1 amide bonds. The number of ether oxygens (including phenoxy) is 2. The molecule has 0 aliphatic rings. The third-order valence-corrected chi connectivity index (χ3v) is 3.01. The van der Waals surface area contributed by atoms with E-state index in [1.165, 1.54) is 0 Å². The summed E-state index contributed by atoms with van der Waals surface area (Å²) in [5.74, 6) is 1.45. The fourth-order valence-corrected chi connectivity index (χ4v) is 2.02. The number of carbonyl (C=O) groups is 1. The molecule has 0 aliphatic carbocycles. The second-order valence-corrected chi connectivity index (χ2v) is 4.75. The first-order chi connectivity index (χ1) is 9.60. The van der Waals surface area contributed by atoms with Crippen molar-refractivity contribution in [2.75, 3.05) is 20.8 Å². The lowest BCUT2D eigenvalue weighted by Gasteiger charge is -2.15. The van der Waals surface area contributed by atoms with Gasteiger partial charge in [-0.05, 0) is 44.0 Å². The van der Waals surface area contributed by atoms with E-state index in [4.69, 9.17) is 15.2 Å². The first kappa shape index (κ1) is 19.5. The van der Waals surface area contributed by atoms with E-state index in [-0.39, 0.29) is 24.4 Å². The van der Waals surface area contributed by atoms with Crippen LogP contribution in [-0.4, -0.2) is 32.7 Å². The maximum atomic E-state index is 11.6. The Morgan fingerprint density at radius 1 is 1.29 bits per heavy atom. The molecule has 1 aromatic carbocycles. The summed E-state index contributed by atoms with van der Waals surface area (Å²) >= 11 is 0. The van der Waals surface area contributed by atoms with Gasteiger partial charge in [-0.15, -0.1) is 12.4 Å². The van der Waals surface area contributed by atoms with Crippen molar-refractivity contribution in [2.45, 2.75) is 32.2 Å². The molecule has 0 saturated heterocycles. The Morgan fingerprint density at radius 3 is 2.52 bits per heavy atom. The molecule has 0 heterocycles. The number of carbonyl (C=O) groups excluding carboxylic acids is 1. The molecule has 1 atom stereocenters. The highest BCUT2D eigenvalue weighted by Crippen LogP contribution is 2.27. The minimum absolute atomic E-state index is 0. The van der Waals surface area contributed by atoms with E-state index < -0.39 is 0 Å². The van der Waals surface area contributed by atoms with Gasteiger partial charge in [0.2, 0.25) is 5.91 Å². The van der Waals surface area contributed by atoms with E-state index in [0.29, 0.717) is 24.5 Å². The fourth-order valence-electron chi connectivity index (χ4n) is 2.02. The third kappa shape index (κ3) is 6.69. The molecule has 6 heteroatoms.